The first kappa shape index (κ1) is 15.3. The molecule has 1 N–H and O–H groups in total. The molecule has 0 aromatic heterocycles. The molecule has 3 nitrogen and oxygen atoms in total. The van der Waals surface area contributed by atoms with Gasteiger partial charge in [0.2, 0.25) is 0 Å². The summed E-state index contributed by atoms with van der Waals surface area (Å²) in [4.78, 5) is 2.41. The molecule has 2 rings (SSSR count). The average molecular weight is 277 g/mol. The van der Waals surface area contributed by atoms with Gasteiger partial charge in [-0.05, 0) is 58.8 Å². The molecule has 1 aliphatic rings. The predicted octanol–water partition coefficient (Wildman–Crippen LogP) is 3.30. The van der Waals surface area contributed by atoms with Gasteiger partial charge in [-0.3, -0.25) is 4.90 Å². The Bertz CT molecular complexity index is 450. The average Bonchev–Trinajstić information content (AvgIpc) is 2.47. The zero-order valence-corrected chi connectivity index (χ0v) is 13.1. The number of piperidine rings is 1. The van der Waals surface area contributed by atoms with Crippen molar-refractivity contribution in [2.45, 2.75) is 51.7 Å². The Morgan fingerprint density at radius 3 is 2.45 bits per heavy atom. The molecule has 0 spiro atoms. The summed E-state index contributed by atoms with van der Waals surface area (Å²) in [5, 5.41) is 10.9. The Morgan fingerprint density at radius 1 is 1.20 bits per heavy atom. The van der Waals surface area contributed by atoms with E-state index in [1.807, 2.05) is 25.1 Å². The highest BCUT2D eigenvalue weighted by Gasteiger charge is 2.37. The van der Waals surface area contributed by atoms with Crippen LogP contribution < -0.4 is 4.74 Å². The smallest absolute Gasteiger partial charge is 0.124 e. The highest BCUT2D eigenvalue weighted by atomic mass is 16.5. The molecule has 0 saturated carbocycles. The lowest BCUT2D eigenvalue weighted by Gasteiger charge is -2.44. The van der Waals surface area contributed by atoms with Gasteiger partial charge in [0.25, 0.3) is 0 Å². The molecule has 0 bridgehead atoms. The third-order valence-corrected chi connectivity index (χ3v) is 4.52. The summed E-state index contributed by atoms with van der Waals surface area (Å²) in [5.74, 6) is 0.771. The zero-order chi connectivity index (χ0) is 14.8. The van der Waals surface area contributed by atoms with Crippen molar-refractivity contribution in [2.75, 3.05) is 20.2 Å². The molecule has 0 aliphatic carbocycles. The summed E-state index contributed by atoms with van der Waals surface area (Å²) in [5.41, 5.74) is 1.76. The maximum Gasteiger partial charge on any atom is 0.124 e. The fourth-order valence-corrected chi connectivity index (χ4v) is 3.09. The molecule has 1 aliphatic heterocycles. The Morgan fingerprint density at radius 2 is 1.85 bits per heavy atom. The van der Waals surface area contributed by atoms with Crippen LogP contribution in [0.1, 0.15) is 50.3 Å². The largest absolute Gasteiger partial charge is 0.496 e. The van der Waals surface area contributed by atoms with E-state index >= 15 is 0 Å². The van der Waals surface area contributed by atoms with E-state index < -0.39 is 6.10 Å². The summed E-state index contributed by atoms with van der Waals surface area (Å²) in [7, 11) is 1.66. The van der Waals surface area contributed by atoms with Crippen LogP contribution in [0.4, 0.5) is 0 Å². The lowest BCUT2D eigenvalue weighted by molar-refractivity contribution is -0.0218. The van der Waals surface area contributed by atoms with Crippen molar-refractivity contribution in [2.24, 2.45) is 0 Å². The van der Waals surface area contributed by atoms with Gasteiger partial charge in [0.1, 0.15) is 11.9 Å². The maximum atomic E-state index is 10.9. The van der Waals surface area contributed by atoms with Crippen LogP contribution in [0.25, 0.3) is 0 Å². The van der Waals surface area contributed by atoms with E-state index in [0.29, 0.717) is 0 Å². The summed E-state index contributed by atoms with van der Waals surface area (Å²) in [6.07, 6.45) is 3.20. The second-order valence-corrected chi connectivity index (χ2v) is 6.35. The van der Waals surface area contributed by atoms with Crippen molar-refractivity contribution < 1.29 is 9.84 Å². The normalized spacial score (nSPS) is 18.9. The van der Waals surface area contributed by atoms with Crippen molar-refractivity contribution in [3.05, 3.63) is 29.3 Å². The van der Waals surface area contributed by atoms with Gasteiger partial charge < -0.3 is 9.84 Å². The molecule has 3 heteroatoms. The Labute approximate surface area is 122 Å². The molecule has 112 valence electrons. The molecular weight excluding hydrogens is 250 g/mol. The van der Waals surface area contributed by atoms with Gasteiger partial charge in [-0.1, -0.05) is 18.1 Å². The SMILES string of the molecule is COc1ccc(C)cc1C(O)C(C)(C)N1CCCCC1. The van der Waals surface area contributed by atoms with Gasteiger partial charge in [-0.15, -0.1) is 0 Å². The van der Waals surface area contributed by atoms with Crippen molar-refractivity contribution in [1.82, 2.24) is 4.90 Å². The number of benzene rings is 1. The van der Waals surface area contributed by atoms with Crippen molar-refractivity contribution in [1.29, 1.82) is 0 Å². The van der Waals surface area contributed by atoms with Gasteiger partial charge in [0.15, 0.2) is 0 Å². The summed E-state index contributed by atoms with van der Waals surface area (Å²) >= 11 is 0. The summed E-state index contributed by atoms with van der Waals surface area (Å²) in [6.45, 7) is 8.44. The molecule has 1 atom stereocenters. The lowest BCUT2D eigenvalue weighted by Crippen LogP contribution is -2.50. The molecule has 1 unspecified atom stereocenters. The standard InChI is InChI=1S/C17H27NO2/c1-13-8-9-15(20-4)14(12-13)16(19)17(2,3)18-10-6-5-7-11-18/h8-9,12,16,19H,5-7,10-11H2,1-4H3. The number of hydrogen-bond acceptors (Lipinski definition) is 3. The third kappa shape index (κ3) is 2.99. The molecule has 1 aromatic rings. The number of methoxy groups -OCH3 is 1. The van der Waals surface area contributed by atoms with E-state index in [2.05, 4.69) is 18.7 Å². The minimum absolute atomic E-state index is 0.276. The van der Waals surface area contributed by atoms with Crippen LogP contribution in [0, 0.1) is 6.92 Å². The molecule has 20 heavy (non-hydrogen) atoms. The molecular formula is C17H27NO2. The van der Waals surface area contributed by atoms with Crippen molar-refractivity contribution in [3.63, 3.8) is 0 Å². The summed E-state index contributed by atoms with van der Waals surface area (Å²) < 4.78 is 5.43. The monoisotopic (exact) mass is 277 g/mol. The molecule has 0 amide bonds. The van der Waals surface area contributed by atoms with Crippen LogP contribution in [0.15, 0.2) is 18.2 Å². The Balaban J connectivity index is 2.28. The first-order valence-electron chi connectivity index (χ1n) is 7.54. The number of nitrogens with zero attached hydrogens (tertiary/aromatic N) is 1. The minimum atomic E-state index is -0.546. The van der Waals surface area contributed by atoms with Crippen molar-refractivity contribution >= 4 is 0 Å². The highest BCUT2D eigenvalue weighted by Crippen LogP contribution is 2.37. The summed E-state index contributed by atoms with van der Waals surface area (Å²) in [6, 6.07) is 6.00. The molecule has 0 radical (unpaired) electrons. The molecule has 1 heterocycles. The second kappa shape index (κ2) is 6.15. The number of ether oxygens (including phenoxy) is 1. The van der Waals surface area contributed by atoms with Crippen LogP contribution in [0.5, 0.6) is 5.75 Å². The first-order valence-corrected chi connectivity index (χ1v) is 7.54. The predicted molar refractivity (Wildman–Crippen MR) is 82.2 cm³/mol. The first-order chi connectivity index (χ1) is 9.46. The van der Waals surface area contributed by atoms with E-state index in [9.17, 15) is 5.11 Å². The molecule has 1 saturated heterocycles. The van der Waals surface area contributed by atoms with E-state index in [-0.39, 0.29) is 5.54 Å². The molecule has 1 aromatic carbocycles. The van der Waals surface area contributed by atoms with Gasteiger partial charge in [-0.2, -0.15) is 0 Å². The maximum absolute atomic E-state index is 10.9. The minimum Gasteiger partial charge on any atom is -0.496 e. The molecule has 1 fully saturated rings. The van der Waals surface area contributed by atoms with Crippen LogP contribution in [-0.2, 0) is 0 Å². The number of likely N-dealkylation sites (tertiary alicyclic amines) is 1. The van der Waals surface area contributed by atoms with E-state index in [1.54, 1.807) is 7.11 Å². The Kier molecular flexibility index (Phi) is 4.71. The van der Waals surface area contributed by atoms with E-state index in [1.165, 1.54) is 19.3 Å². The Hall–Kier alpha value is -1.06. The topological polar surface area (TPSA) is 32.7 Å². The van der Waals surface area contributed by atoms with Gasteiger partial charge in [-0.25, -0.2) is 0 Å². The van der Waals surface area contributed by atoms with Crippen LogP contribution in [-0.4, -0.2) is 35.7 Å². The van der Waals surface area contributed by atoms with Crippen LogP contribution in [0.2, 0.25) is 0 Å². The third-order valence-electron chi connectivity index (χ3n) is 4.52. The van der Waals surface area contributed by atoms with Crippen LogP contribution in [0.3, 0.4) is 0 Å². The van der Waals surface area contributed by atoms with Gasteiger partial charge >= 0.3 is 0 Å². The highest BCUT2D eigenvalue weighted by molar-refractivity contribution is 5.39. The fourth-order valence-electron chi connectivity index (χ4n) is 3.09. The number of aliphatic hydroxyl groups excluding tert-OH is 1. The second-order valence-electron chi connectivity index (χ2n) is 6.35. The van der Waals surface area contributed by atoms with Gasteiger partial charge in [0, 0.05) is 11.1 Å². The van der Waals surface area contributed by atoms with Crippen molar-refractivity contribution in [3.8, 4) is 5.75 Å². The fraction of sp³-hybridized carbons (Fsp3) is 0.647. The lowest BCUT2D eigenvalue weighted by atomic mass is 9.87. The number of rotatable bonds is 4. The van der Waals surface area contributed by atoms with E-state index in [0.717, 1.165) is 30.0 Å². The van der Waals surface area contributed by atoms with Crippen LogP contribution >= 0.6 is 0 Å². The number of aryl methyl sites for hydroxylation is 1. The van der Waals surface area contributed by atoms with E-state index in [4.69, 9.17) is 4.74 Å². The quantitative estimate of drug-likeness (QED) is 0.916. The number of aliphatic hydroxyl groups is 1. The van der Waals surface area contributed by atoms with Gasteiger partial charge in [0.05, 0.1) is 7.11 Å². The zero-order valence-electron chi connectivity index (χ0n) is 13.1. The number of hydrogen-bond donors (Lipinski definition) is 1.